The third-order valence-corrected chi connectivity index (χ3v) is 4.91. The van der Waals surface area contributed by atoms with Crippen LogP contribution in [0.4, 0.5) is 0 Å². The summed E-state index contributed by atoms with van der Waals surface area (Å²) in [5, 5.41) is 9.71. The maximum atomic E-state index is 12.9. The summed E-state index contributed by atoms with van der Waals surface area (Å²) in [6.45, 7) is 1.98. The number of Topliss-reactive ketones (excluding diaryl/α,β-unsaturated/α-hetero) is 1. The molecule has 1 aromatic rings. The largest absolute Gasteiger partial charge is 0.496 e. The third kappa shape index (κ3) is 3.08. The highest BCUT2D eigenvalue weighted by Crippen LogP contribution is 2.49. The molecule has 0 aromatic heterocycles. The molecule has 0 amide bonds. The van der Waals surface area contributed by atoms with E-state index in [0.717, 1.165) is 0 Å². The van der Waals surface area contributed by atoms with E-state index in [1.807, 2.05) is 6.92 Å². The Bertz CT molecular complexity index is 894. The highest BCUT2D eigenvalue weighted by molar-refractivity contribution is 5.99. The Labute approximate surface area is 157 Å². The second-order valence-electron chi connectivity index (χ2n) is 6.65. The molecule has 27 heavy (non-hydrogen) atoms. The molecule has 0 fully saturated rings. The van der Waals surface area contributed by atoms with Gasteiger partial charge in [-0.05, 0) is 12.0 Å². The third-order valence-electron chi connectivity index (χ3n) is 4.91. The van der Waals surface area contributed by atoms with Crippen LogP contribution in [0, 0.1) is 17.2 Å². The van der Waals surface area contributed by atoms with Crippen LogP contribution in [0.3, 0.4) is 0 Å². The fourth-order valence-corrected chi connectivity index (χ4v) is 3.68. The molecule has 3 rings (SSSR count). The monoisotopic (exact) mass is 370 g/mol. The smallest absolute Gasteiger partial charge is 0.205 e. The van der Waals surface area contributed by atoms with Gasteiger partial charge in [0, 0.05) is 30.0 Å². The highest BCUT2D eigenvalue weighted by Gasteiger charge is 2.41. The second kappa shape index (κ2) is 7.23. The van der Waals surface area contributed by atoms with E-state index in [4.69, 9.17) is 24.7 Å². The van der Waals surface area contributed by atoms with Crippen LogP contribution in [0.1, 0.15) is 31.2 Å². The van der Waals surface area contributed by atoms with Crippen molar-refractivity contribution in [2.45, 2.75) is 25.7 Å². The topological polar surface area (TPSA) is 104 Å². The zero-order chi connectivity index (χ0) is 19.7. The number of allylic oxidation sites excluding steroid dienone is 3. The van der Waals surface area contributed by atoms with Crippen LogP contribution in [-0.4, -0.2) is 27.1 Å². The van der Waals surface area contributed by atoms with Gasteiger partial charge in [-0.25, -0.2) is 0 Å². The van der Waals surface area contributed by atoms with Crippen molar-refractivity contribution in [3.05, 3.63) is 40.5 Å². The first kappa shape index (κ1) is 18.6. The minimum atomic E-state index is -0.673. The van der Waals surface area contributed by atoms with E-state index in [-0.39, 0.29) is 23.2 Å². The number of nitrogens with zero attached hydrogens (tertiary/aromatic N) is 1. The van der Waals surface area contributed by atoms with E-state index in [2.05, 4.69) is 6.07 Å². The Balaban J connectivity index is 2.27. The summed E-state index contributed by atoms with van der Waals surface area (Å²) < 4.78 is 21.9. The van der Waals surface area contributed by atoms with Gasteiger partial charge in [-0.1, -0.05) is 6.92 Å². The lowest BCUT2D eigenvalue weighted by molar-refractivity contribution is -0.117. The van der Waals surface area contributed by atoms with E-state index < -0.39 is 5.92 Å². The highest BCUT2D eigenvalue weighted by atomic mass is 16.5. The molecule has 0 radical (unpaired) electrons. The molecule has 1 aromatic carbocycles. The Morgan fingerprint density at radius 1 is 1.11 bits per heavy atom. The molecule has 0 unspecified atom stereocenters. The van der Waals surface area contributed by atoms with Gasteiger partial charge >= 0.3 is 0 Å². The summed E-state index contributed by atoms with van der Waals surface area (Å²) >= 11 is 0. The van der Waals surface area contributed by atoms with Crippen molar-refractivity contribution in [1.82, 2.24) is 0 Å². The number of nitriles is 1. The molecule has 2 atom stereocenters. The van der Waals surface area contributed by atoms with Gasteiger partial charge < -0.3 is 24.7 Å². The fourth-order valence-electron chi connectivity index (χ4n) is 3.68. The average molecular weight is 370 g/mol. The molecule has 2 aliphatic rings. The van der Waals surface area contributed by atoms with E-state index in [0.29, 0.717) is 47.0 Å². The predicted molar refractivity (Wildman–Crippen MR) is 97.2 cm³/mol. The van der Waals surface area contributed by atoms with Gasteiger partial charge in [-0.15, -0.1) is 0 Å². The van der Waals surface area contributed by atoms with Crippen molar-refractivity contribution < 1.29 is 23.7 Å². The SMILES string of the molecule is COc1cc(OC)c([C@@H]2C(C#N)=C(N)OC3=C2C(=O)C[C@@H](C)C3)cc1OC. The molecule has 0 saturated carbocycles. The zero-order valence-corrected chi connectivity index (χ0v) is 15.8. The molecule has 0 saturated heterocycles. The van der Waals surface area contributed by atoms with Crippen LogP contribution in [0.15, 0.2) is 34.9 Å². The van der Waals surface area contributed by atoms with Crippen molar-refractivity contribution in [3.63, 3.8) is 0 Å². The van der Waals surface area contributed by atoms with Crippen LogP contribution in [0.25, 0.3) is 0 Å². The minimum absolute atomic E-state index is 0.0139. The molecule has 2 N–H and O–H groups in total. The van der Waals surface area contributed by atoms with Gasteiger partial charge in [-0.2, -0.15) is 5.26 Å². The first-order valence-corrected chi connectivity index (χ1v) is 8.58. The number of methoxy groups -OCH3 is 3. The summed E-state index contributed by atoms with van der Waals surface area (Å²) in [4.78, 5) is 12.9. The van der Waals surface area contributed by atoms with Gasteiger partial charge in [0.05, 0.1) is 27.2 Å². The van der Waals surface area contributed by atoms with Gasteiger partial charge in [0.1, 0.15) is 23.2 Å². The molecular formula is C20H22N2O5. The van der Waals surface area contributed by atoms with E-state index in [1.54, 1.807) is 12.1 Å². The van der Waals surface area contributed by atoms with Crippen LogP contribution < -0.4 is 19.9 Å². The number of carbonyl (C=O) groups excluding carboxylic acids is 1. The molecule has 0 bridgehead atoms. The fraction of sp³-hybridized carbons (Fsp3) is 0.400. The maximum absolute atomic E-state index is 12.9. The molecule has 1 heterocycles. The molecule has 7 nitrogen and oxygen atoms in total. The lowest BCUT2D eigenvalue weighted by Crippen LogP contribution is -2.30. The molecular weight excluding hydrogens is 348 g/mol. The molecule has 1 aliphatic carbocycles. The van der Waals surface area contributed by atoms with Crippen molar-refractivity contribution in [2.75, 3.05) is 21.3 Å². The quantitative estimate of drug-likeness (QED) is 0.869. The summed E-state index contributed by atoms with van der Waals surface area (Å²) in [7, 11) is 4.56. The number of ketones is 1. The molecule has 0 spiro atoms. The first-order valence-electron chi connectivity index (χ1n) is 8.58. The number of rotatable bonds is 4. The minimum Gasteiger partial charge on any atom is -0.496 e. The van der Waals surface area contributed by atoms with Crippen LogP contribution in [0.2, 0.25) is 0 Å². The maximum Gasteiger partial charge on any atom is 0.205 e. The van der Waals surface area contributed by atoms with Crippen molar-refractivity contribution >= 4 is 5.78 Å². The number of carbonyl (C=O) groups is 1. The van der Waals surface area contributed by atoms with Gasteiger partial charge in [-0.3, -0.25) is 4.79 Å². The molecule has 7 heteroatoms. The lowest BCUT2D eigenvalue weighted by atomic mass is 9.75. The summed E-state index contributed by atoms with van der Waals surface area (Å²) in [6.07, 6.45) is 0.986. The summed E-state index contributed by atoms with van der Waals surface area (Å²) in [5.74, 6) is 1.39. The Morgan fingerprint density at radius 3 is 2.33 bits per heavy atom. The Hall–Kier alpha value is -3.14. The number of benzene rings is 1. The zero-order valence-electron chi connectivity index (χ0n) is 15.8. The Morgan fingerprint density at radius 2 is 1.74 bits per heavy atom. The first-order chi connectivity index (χ1) is 12.9. The number of hydrogen-bond acceptors (Lipinski definition) is 7. The van der Waals surface area contributed by atoms with Crippen LogP contribution in [0.5, 0.6) is 17.2 Å². The van der Waals surface area contributed by atoms with Gasteiger partial charge in [0.25, 0.3) is 0 Å². The summed E-state index contributed by atoms with van der Waals surface area (Å²) in [6, 6.07) is 5.49. The number of hydrogen-bond donors (Lipinski definition) is 1. The van der Waals surface area contributed by atoms with E-state index >= 15 is 0 Å². The standard InChI is InChI=1S/C20H22N2O5/c1-10-5-13(23)19-17(6-10)27-20(22)12(9-21)18(19)11-7-15(25-3)16(26-4)8-14(11)24-2/h7-8,10,18H,5-6,22H2,1-4H3/t10-,18-/m1/s1. The number of nitrogens with two attached hydrogens (primary N) is 1. The number of ether oxygens (including phenoxy) is 4. The van der Waals surface area contributed by atoms with E-state index in [9.17, 15) is 10.1 Å². The molecule has 1 aliphatic heterocycles. The van der Waals surface area contributed by atoms with Gasteiger partial charge in [0.2, 0.25) is 5.88 Å². The second-order valence-corrected chi connectivity index (χ2v) is 6.65. The summed E-state index contributed by atoms with van der Waals surface area (Å²) in [5.41, 5.74) is 7.28. The van der Waals surface area contributed by atoms with Gasteiger partial charge in [0.15, 0.2) is 17.3 Å². The predicted octanol–water partition coefficient (Wildman–Crippen LogP) is 2.77. The van der Waals surface area contributed by atoms with E-state index in [1.165, 1.54) is 21.3 Å². The Kier molecular flexibility index (Phi) is 5.00. The average Bonchev–Trinajstić information content (AvgIpc) is 2.65. The normalized spacial score (nSPS) is 22.0. The van der Waals surface area contributed by atoms with Crippen molar-refractivity contribution in [1.29, 1.82) is 5.26 Å². The molecule has 142 valence electrons. The van der Waals surface area contributed by atoms with Crippen LogP contribution in [-0.2, 0) is 9.53 Å². The lowest BCUT2D eigenvalue weighted by Gasteiger charge is -2.33. The van der Waals surface area contributed by atoms with Crippen molar-refractivity contribution in [3.8, 4) is 23.3 Å². The van der Waals surface area contributed by atoms with Crippen LogP contribution >= 0.6 is 0 Å². The van der Waals surface area contributed by atoms with Crippen molar-refractivity contribution in [2.24, 2.45) is 11.7 Å².